The molecule has 0 saturated heterocycles. The van der Waals surface area contributed by atoms with Crippen molar-refractivity contribution in [3.05, 3.63) is 22.2 Å². The number of nitrogens with one attached hydrogen (secondary N) is 1. The fourth-order valence-corrected chi connectivity index (χ4v) is 2.05. The van der Waals surface area contributed by atoms with Crippen molar-refractivity contribution in [1.29, 1.82) is 0 Å². The van der Waals surface area contributed by atoms with Crippen LogP contribution in [-0.4, -0.2) is 26.3 Å². The molecule has 0 fully saturated rings. The smallest absolute Gasteiger partial charge is 0.307 e. The van der Waals surface area contributed by atoms with E-state index in [1.54, 1.807) is 12.1 Å². The lowest BCUT2D eigenvalue weighted by Crippen LogP contribution is -2.26. The van der Waals surface area contributed by atoms with E-state index in [9.17, 15) is 4.79 Å². The van der Waals surface area contributed by atoms with Gasteiger partial charge >= 0.3 is 5.97 Å². The first-order chi connectivity index (χ1) is 8.11. The average molecular weight is 275 g/mol. The van der Waals surface area contributed by atoms with Gasteiger partial charge in [0, 0.05) is 6.54 Å². The van der Waals surface area contributed by atoms with Crippen LogP contribution in [0.15, 0.2) is 12.1 Å². The molecule has 0 radical (unpaired) electrons. The molecule has 0 spiro atoms. The van der Waals surface area contributed by atoms with Crippen molar-refractivity contribution < 1.29 is 9.53 Å². The predicted molar refractivity (Wildman–Crippen MR) is 68.9 cm³/mol. The summed E-state index contributed by atoms with van der Waals surface area (Å²) in [7, 11) is 1.38. The maximum atomic E-state index is 11.1. The van der Waals surface area contributed by atoms with Crippen molar-refractivity contribution in [2.24, 2.45) is 0 Å². The number of benzene rings is 1. The maximum absolute atomic E-state index is 11.1. The predicted octanol–water partition coefficient (Wildman–Crippen LogP) is 2.75. The third-order valence-electron chi connectivity index (χ3n) is 2.65. The lowest BCUT2D eigenvalue weighted by molar-refractivity contribution is -0.140. The Morgan fingerprint density at radius 2 is 2.18 bits per heavy atom. The molecule has 1 aromatic rings. The van der Waals surface area contributed by atoms with Gasteiger partial charge in [0.1, 0.15) is 0 Å². The molecule has 2 rings (SSSR count). The van der Waals surface area contributed by atoms with E-state index in [1.807, 2.05) is 4.90 Å². The number of anilines is 2. The van der Waals surface area contributed by atoms with Crippen LogP contribution in [0.4, 0.5) is 11.4 Å². The molecule has 1 aromatic carbocycles. The Labute approximate surface area is 109 Å². The number of nitrogens with zero attached hydrogens (tertiary/aromatic N) is 1. The number of hydrogen-bond acceptors (Lipinski definition) is 4. The lowest BCUT2D eigenvalue weighted by Gasteiger charge is -2.17. The molecule has 1 heterocycles. The largest absolute Gasteiger partial charge is 0.469 e. The number of carbonyl (C=O) groups excluding carboxylic acids is 1. The highest BCUT2D eigenvalue weighted by atomic mass is 35.5. The van der Waals surface area contributed by atoms with Gasteiger partial charge in [-0.2, -0.15) is 0 Å². The summed E-state index contributed by atoms with van der Waals surface area (Å²) in [5.74, 6) is -0.224. The molecule has 0 saturated carbocycles. The normalized spacial score (nSPS) is 13.2. The summed E-state index contributed by atoms with van der Waals surface area (Å²) in [6, 6.07) is 3.59. The highest BCUT2D eigenvalue weighted by Gasteiger charge is 2.20. The van der Waals surface area contributed by atoms with E-state index in [0.29, 0.717) is 29.7 Å². The van der Waals surface area contributed by atoms with E-state index in [1.165, 1.54) is 7.11 Å². The number of fused-ring (bicyclic) bond motifs is 1. The summed E-state index contributed by atoms with van der Waals surface area (Å²) in [5, 5.41) is 4.22. The SMILES string of the molecule is COC(=O)CCN1CNc2cc(Cl)c(Cl)cc21. The Bertz CT molecular complexity index is 451. The molecule has 0 aromatic heterocycles. The molecule has 0 aliphatic carbocycles. The zero-order valence-corrected chi connectivity index (χ0v) is 10.8. The number of hydrogen-bond donors (Lipinski definition) is 1. The molecule has 4 nitrogen and oxygen atoms in total. The number of esters is 1. The van der Waals surface area contributed by atoms with Gasteiger partial charge in [0.2, 0.25) is 0 Å². The Balaban J connectivity index is 2.11. The summed E-state index contributed by atoms with van der Waals surface area (Å²) >= 11 is 11.9. The first-order valence-corrected chi connectivity index (χ1v) is 5.92. The number of halogens is 2. The van der Waals surface area contributed by atoms with E-state index in [-0.39, 0.29) is 5.97 Å². The summed E-state index contributed by atoms with van der Waals surface area (Å²) in [4.78, 5) is 13.1. The number of ether oxygens (including phenoxy) is 1. The summed E-state index contributed by atoms with van der Waals surface area (Å²) in [6.45, 7) is 1.23. The summed E-state index contributed by atoms with van der Waals surface area (Å²) < 4.78 is 4.61. The molecule has 1 aliphatic rings. The number of rotatable bonds is 3. The van der Waals surface area contributed by atoms with Crippen LogP contribution < -0.4 is 10.2 Å². The molecular weight excluding hydrogens is 263 g/mol. The summed E-state index contributed by atoms with van der Waals surface area (Å²) in [5.41, 5.74) is 1.90. The van der Waals surface area contributed by atoms with Gasteiger partial charge in [-0.3, -0.25) is 4.79 Å². The Morgan fingerprint density at radius 1 is 1.47 bits per heavy atom. The second kappa shape index (κ2) is 5.02. The first kappa shape index (κ1) is 12.3. The van der Waals surface area contributed by atoms with Gasteiger partial charge in [0.25, 0.3) is 0 Å². The van der Waals surface area contributed by atoms with Crippen molar-refractivity contribution in [2.45, 2.75) is 6.42 Å². The van der Waals surface area contributed by atoms with E-state index < -0.39 is 0 Å². The van der Waals surface area contributed by atoms with Crippen LogP contribution in [0.3, 0.4) is 0 Å². The van der Waals surface area contributed by atoms with Crippen LogP contribution >= 0.6 is 23.2 Å². The van der Waals surface area contributed by atoms with Gasteiger partial charge in [-0.25, -0.2) is 0 Å². The maximum Gasteiger partial charge on any atom is 0.307 e. The van der Waals surface area contributed by atoms with Gasteiger partial charge in [-0.15, -0.1) is 0 Å². The fraction of sp³-hybridized carbons (Fsp3) is 0.364. The Hall–Kier alpha value is -1.13. The lowest BCUT2D eigenvalue weighted by atomic mass is 10.2. The molecule has 0 amide bonds. The number of carbonyl (C=O) groups is 1. The van der Waals surface area contributed by atoms with Crippen LogP contribution in [0, 0.1) is 0 Å². The van der Waals surface area contributed by atoms with Gasteiger partial charge in [-0.05, 0) is 12.1 Å². The first-order valence-electron chi connectivity index (χ1n) is 5.16. The third kappa shape index (κ3) is 2.58. The third-order valence-corrected chi connectivity index (χ3v) is 3.38. The minimum absolute atomic E-state index is 0.224. The van der Waals surface area contributed by atoms with Gasteiger partial charge in [0.15, 0.2) is 0 Å². The van der Waals surface area contributed by atoms with E-state index >= 15 is 0 Å². The van der Waals surface area contributed by atoms with Gasteiger partial charge in [-0.1, -0.05) is 23.2 Å². The zero-order chi connectivity index (χ0) is 12.4. The minimum Gasteiger partial charge on any atom is -0.469 e. The monoisotopic (exact) mass is 274 g/mol. The van der Waals surface area contributed by atoms with Crippen molar-refractivity contribution in [1.82, 2.24) is 0 Å². The van der Waals surface area contributed by atoms with Gasteiger partial charge < -0.3 is 15.0 Å². The van der Waals surface area contributed by atoms with Crippen LogP contribution in [0.5, 0.6) is 0 Å². The van der Waals surface area contributed by atoms with Crippen molar-refractivity contribution in [3.8, 4) is 0 Å². The Morgan fingerprint density at radius 3 is 2.88 bits per heavy atom. The van der Waals surface area contributed by atoms with E-state index in [4.69, 9.17) is 23.2 Å². The van der Waals surface area contributed by atoms with Crippen molar-refractivity contribution >= 4 is 40.5 Å². The van der Waals surface area contributed by atoms with Crippen molar-refractivity contribution in [3.63, 3.8) is 0 Å². The van der Waals surface area contributed by atoms with Crippen molar-refractivity contribution in [2.75, 3.05) is 30.5 Å². The number of methoxy groups -OCH3 is 1. The van der Waals surface area contributed by atoms with Gasteiger partial charge in [0.05, 0.1) is 41.6 Å². The van der Waals surface area contributed by atoms with Crippen LogP contribution in [0.25, 0.3) is 0 Å². The quantitative estimate of drug-likeness (QED) is 0.861. The minimum atomic E-state index is -0.224. The highest BCUT2D eigenvalue weighted by molar-refractivity contribution is 6.42. The molecule has 17 heavy (non-hydrogen) atoms. The molecule has 6 heteroatoms. The molecular formula is C11H12Cl2N2O2. The topological polar surface area (TPSA) is 41.6 Å². The molecule has 92 valence electrons. The van der Waals surface area contributed by atoms with Crippen LogP contribution in [0.1, 0.15) is 6.42 Å². The second-order valence-corrected chi connectivity index (χ2v) is 4.52. The van der Waals surface area contributed by atoms with Crippen LogP contribution in [0.2, 0.25) is 10.0 Å². The fourth-order valence-electron chi connectivity index (χ4n) is 1.73. The van der Waals surface area contributed by atoms with E-state index in [0.717, 1.165) is 11.4 Å². The average Bonchev–Trinajstić information content (AvgIpc) is 2.69. The molecule has 1 N–H and O–H groups in total. The molecule has 0 atom stereocenters. The molecule has 1 aliphatic heterocycles. The summed E-state index contributed by atoms with van der Waals surface area (Å²) in [6.07, 6.45) is 0.345. The Kier molecular flexibility index (Phi) is 3.64. The van der Waals surface area contributed by atoms with E-state index in [2.05, 4.69) is 10.1 Å². The second-order valence-electron chi connectivity index (χ2n) is 3.71. The standard InChI is InChI=1S/C11H12Cl2N2O2/c1-17-11(16)2-3-15-6-14-9-4-7(12)8(13)5-10(9)15/h4-5,14H,2-3,6H2,1H3. The molecule has 0 unspecified atom stereocenters. The zero-order valence-electron chi connectivity index (χ0n) is 9.30. The van der Waals surface area contributed by atoms with Crippen LogP contribution in [-0.2, 0) is 9.53 Å². The highest BCUT2D eigenvalue weighted by Crippen LogP contribution is 2.37. The molecule has 0 bridgehead atoms.